The second kappa shape index (κ2) is 12.1. The van der Waals surface area contributed by atoms with Crippen molar-refractivity contribution in [2.24, 2.45) is 0 Å². The summed E-state index contributed by atoms with van der Waals surface area (Å²) >= 11 is 3.39. The Balaban J connectivity index is 2.01. The fraction of sp³-hybridized carbons (Fsp3) is 0.286. The van der Waals surface area contributed by atoms with Crippen LogP contribution in [0.3, 0.4) is 0 Å². The molecule has 0 spiro atoms. The van der Waals surface area contributed by atoms with Gasteiger partial charge in [-0.1, -0.05) is 46.3 Å². The molecule has 2 amide bonds. The van der Waals surface area contributed by atoms with Gasteiger partial charge in [0, 0.05) is 16.6 Å². The van der Waals surface area contributed by atoms with Crippen molar-refractivity contribution >= 4 is 43.5 Å². The van der Waals surface area contributed by atoms with E-state index < -0.39 is 39.9 Å². The van der Waals surface area contributed by atoms with Gasteiger partial charge in [-0.15, -0.1) is 0 Å². The number of carbonyl (C=O) groups excluding carboxylic acids is 2. The molecule has 0 aliphatic heterocycles. The normalized spacial score (nSPS) is 12.5. The Kier molecular flexibility index (Phi) is 9.32. The topological polar surface area (TPSA) is 86.8 Å². The van der Waals surface area contributed by atoms with Gasteiger partial charge in [0.1, 0.15) is 18.4 Å². The number of halogens is 2. The molecule has 10 heteroatoms. The first-order chi connectivity index (χ1) is 17.8. The lowest BCUT2D eigenvalue weighted by Crippen LogP contribution is -2.54. The summed E-state index contributed by atoms with van der Waals surface area (Å²) in [6.45, 7) is 6.59. The first-order valence-electron chi connectivity index (χ1n) is 12.0. The summed E-state index contributed by atoms with van der Waals surface area (Å²) in [5, 5.41) is 2.88. The van der Waals surface area contributed by atoms with Crippen LogP contribution in [0.1, 0.15) is 33.3 Å². The van der Waals surface area contributed by atoms with Crippen LogP contribution in [0, 0.1) is 5.82 Å². The molecule has 3 rings (SSSR count). The third-order valence-electron chi connectivity index (χ3n) is 5.66. The van der Waals surface area contributed by atoms with E-state index >= 15 is 0 Å². The molecule has 0 heterocycles. The molecule has 0 saturated carbocycles. The fourth-order valence-corrected chi connectivity index (χ4v) is 5.40. The monoisotopic (exact) mass is 603 g/mol. The maximum Gasteiger partial charge on any atom is 0.264 e. The van der Waals surface area contributed by atoms with Crippen LogP contribution in [0.25, 0.3) is 0 Å². The molecule has 1 unspecified atom stereocenters. The lowest BCUT2D eigenvalue weighted by molar-refractivity contribution is -0.140. The highest BCUT2D eigenvalue weighted by Crippen LogP contribution is 2.25. The zero-order chi connectivity index (χ0) is 28.1. The van der Waals surface area contributed by atoms with Crippen LogP contribution in [-0.2, 0) is 26.2 Å². The van der Waals surface area contributed by atoms with E-state index in [0.29, 0.717) is 0 Å². The second-order valence-corrected chi connectivity index (χ2v) is 12.6. The van der Waals surface area contributed by atoms with E-state index in [-0.39, 0.29) is 23.0 Å². The van der Waals surface area contributed by atoms with Crippen LogP contribution in [0.5, 0.6) is 0 Å². The van der Waals surface area contributed by atoms with Crippen molar-refractivity contribution in [1.82, 2.24) is 10.2 Å². The minimum absolute atomic E-state index is 0.0184. The van der Waals surface area contributed by atoms with Gasteiger partial charge in [-0.05, 0) is 81.8 Å². The number of amides is 2. The van der Waals surface area contributed by atoms with Crippen molar-refractivity contribution in [3.63, 3.8) is 0 Å². The zero-order valence-electron chi connectivity index (χ0n) is 21.7. The quantitative estimate of drug-likeness (QED) is 0.368. The Bertz CT molecular complexity index is 1360. The molecule has 7 nitrogen and oxygen atoms in total. The molecule has 0 radical (unpaired) electrons. The molecule has 1 atom stereocenters. The van der Waals surface area contributed by atoms with Crippen molar-refractivity contribution in [3.8, 4) is 0 Å². The molecule has 0 aromatic heterocycles. The largest absolute Gasteiger partial charge is 0.350 e. The Morgan fingerprint density at radius 1 is 0.947 bits per heavy atom. The predicted octanol–water partition coefficient (Wildman–Crippen LogP) is 5.12. The van der Waals surface area contributed by atoms with Gasteiger partial charge < -0.3 is 10.2 Å². The van der Waals surface area contributed by atoms with E-state index in [0.717, 1.165) is 26.5 Å². The predicted molar refractivity (Wildman–Crippen MR) is 149 cm³/mol. The number of rotatable bonds is 9. The molecular weight excluding hydrogens is 573 g/mol. The molecule has 0 aliphatic rings. The summed E-state index contributed by atoms with van der Waals surface area (Å²) in [6, 6.07) is 18.9. The SMILES string of the molecule is CC(C(=O)NC(C)(C)C)N(Cc1ccc(Br)cc1)C(=O)CN(c1ccc(F)cc1)S(=O)(=O)c1ccccc1. The number of benzene rings is 3. The van der Waals surface area contributed by atoms with Crippen LogP contribution < -0.4 is 9.62 Å². The van der Waals surface area contributed by atoms with Gasteiger partial charge in [-0.2, -0.15) is 0 Å². The van der Waals surface area contributed by atoms with Gasteiger partial charge in [0.05, 0.1) is 10.6 Å². The summed E-state index contributed by atoms with van der Waals surface area (Å²) in [5.41, 5.74) is 0.351. The summed E-state index contributed by atoms with van der Waals surface area (Å²) < 4.78 is 42.7. The molecule has 3 aromatic rings. The second-order valence-electron chi connectivity index (χ2n) is 9.86. The standard InChI is InChI=1S/C28H31BrFN3O4S/c1-20(27(35)31-28(2,3)4)32(18-21-10-12-22(29)13-11-21)26(34)19-33(24-16-14-23(30)15-17-24)38(36,37)25-8-6-5-7-9-25/h5-17,20H,18-19H2,1-4H3,(H,31,35). The first kappa shape index (κ1) is 29.3. The number of hydrogen-bond acceptors (Lipinski definition) is 4. The molecule has 38 heavy (non-hydrogen) atoms. The number of nitrogens with zero attached hydrogens (tertiary/aromatic N) is 2. The third-order valence-corrected chi connectivity index (χ3v) is 7.97. The number of anilines is 1. The maximum absolute atomic E-state index is 13.8. The number of hydrogen-bond donors (Lipinski definition) is 1. The molecule has 0 saturated heterocycles. The molecule has 0 aliphatic carbocycles. The number of sulfonamides is 1. The Morgan fingerprint density at radius 2 is 1.53 bits per heavy atom. The summed E-state index contributed by atoms with van der Waals surface area (Å²) in [4.78, 5) is 28.2. The average molecular weight is 605 g/mol. The van der Waals surface area contributed by atoms with Gasteiger partial charge >= 0.3 is 0 Å². The van der Waals surface area contributed by atoms with E-state index in [1.807, 2.05) is 45.0 Å². The highest BCUT2D eigenvalue weighted by atomic mass is 79.9. The van der Waals surface area contributed by atoms with Crippen LogP contribution in [-0.4, -0.2) is 43.3 Å². The number of nitrogens with one attached hydrogen (secondary N) is 1. The average Bonchev–Trinajstić information content (AvgIpc) is 2.86. The third kappa shape index (κ3) is 7.64. The summed E-state index contributed by atoms with van der Waals surface area (Å²) in [5.74, 6) is -1.50. The number of carbonyl (C=O) groups is 2. The van der Waals surface area contributed by atoms with Crippen molar-refractivity contribution in [2.75, 3.05) is 10.8 Å². The van der Waals surface area contributed by atoms with Crippen molar-refractivity contribution in [2.45, 2.75) is 50.7 Å². The van der Waals surface area contributed by atoms with Crippen LogP contribution in [0.2, 0.25) is 0 Å². The van der Waals surface area contributed by atoms with E-state index in [1.54, 1.807) is 25.1 Å². The minimum Gasteiger partial charge on any atom is -0.350 e. The Hall–Kier alpha value is -3.24. The Morgan fingerprint density at radius 3 is 2.08 bits per heavy atom. The van der Waals surface area contributed by atoms with Crippen LogP contribution >= 0.6 is 15.9 Å². The highest BCUT2D eigenvalue weighted by Gasteiger charge is 2.33. The van der Waals surface area contributed by atoms with Crippen molar-refractivity contribution < 1.29 is 22.4 Å². The van der Waals surface area contributed by atoms with E-state index in [1.165, 1.54) is 29.2 Å². The molecule has 1 N–H and O–H groups in total. The van der Waals surface area contributed by atoms with Gasteiger partial charge in [-0.25, -0.2) is 12.8 Å². The van der Waals surface area contributed by atoms with Gasteiger partial charge in [0.15, 0.2) is 0 Å². The fourth-order valence-electron chi connectivity index (χ4n) is 3.70. The first-order valence-corrected chi connectivity index (χ1v) is 14.2. The van der Waals surface area contributed by atoms with E-state index in [9.17, 15) is 22.4 Å². The van der Waals surface area contributed by atoms with E-state index in [2.05, 4.69) is 21.2 Å². The minimum atomic E-state index is -4.19. The molecular formula is C28H31BrFN3O4S. The highest BCUT2D eigenvalue weighted by molar-refractivity contribution is 9.10. The zero-order valence-corrected chi connectivity index (χ0v) is 24.1. The molecule has 0 bridgehead atoms. The Labute approximate surface area is 231 Å². The summed E-state index contributed by atoms with van der Waals surface area (Å²) in [7, 11) is -4.19. The molecule has 3 aromatic carbocycles. The molecule has 202 valence electrons. The van der Waals surface area contributed by atoms with Crippen molar-refractivity contribution in [1.29, 1.82) is 0 Å². The lowest BCUT2D eigenvalue weighted by Gasteiger charge is -2.33. The van der Waals surface area contributed by atoms with Crippen molar-refractivity contribution in [3.05, 3.63) is 94.7 Å². The summed E-state index contributed by atoms with van der Waals surface area (Å²) in [6.07, 6.45) is 0. The van der Waals surface area contributed by atoms with Crippen LogP contribution in [0.4, 0.5) is 10.1 Å². The van der Waals surface area contributed by atoms with Gasteiger partial charge in [0.25, 0.3) is 10.0 Å². The molecule has 0 fully saturated rings. The van der Waals surface area contributed by atoms with E-state index in [4.69, 9.17) is 0 Å². The maximum atomic E-state index is 13.8. The smallest absolute Gasteiger partial charge is 0.264 e. The van der Waals surface area contributed by atoms with Crippen LogP contribution in [0.15, 0.2) is 88.2 Å². The lowest BCUT2D eigenvalue weighted by atomic mass is 10.1. The van der Waals surface area contributed by atoms with Gasteiger partial charge in [0.2, 0.25) is 11.8 Å². The van der Waals surface area contributed by atoms with Gasteiger partial charge in [-0.3, -0.25) is 13.9 Å².